The summed E-state index contributed by atoms with van der Waals surface area (Å²) in [5.74, 6) is 6.38. The fraction of sp³-hybridized carbons (Fsp3) is 0.346. The summed E-state index contributed by atoms with van der Waals surface area (Å²) in [5, 5.41) is 16.1. The van der Waals surface area contributed by atoms with Gasteiger partial charge < -0.3 is 19.9 Å². The molecule has 1 saturated heterocycles. The lowest BCUT2D eigenvalue weighted by Crippen LogP contribution is -2.32. The molecule has 0 bridgehead atoms. The molecule has 194 valence electrons. The Morgan fingerprint density at radius 1 is 1.14 bits per heavy atom. The topological polar surface area (TPSA) is 96.2 Å². The van der Waals surface area contributed by atoms with Crippen LogP contribution in [0.4, 0.5) is 24.5 Å². The normalized spacial score (nSPS) is 15.4. The predicted molar refractivity (Wildman–Crippen MR) is 136 cm³/mol. The quantitative estimate of drug-likeness (QED) is 0.455. The first-order valence-corrected chi connectivity index (χ1v) is 13.4. The maximum Gasteiger partial charge on any atom is 0.406 e. The summed E-state index contributed by atoms with van der Waals surface area (Å²) in [6, 6.07) is 13.5. The van der Waals surface area contributed by atoms with Crippen LogP contribution in [-0.4, -0.2) is 50.4 Å². The zero-order valence-electron chi connectivity index (χ0n) is 20.0. The summed E-state index contributed by atoms with van der Waals surface area (Å²) in [4.78, 5) is 0. The lowest BCUT2D eigenvalue weighted by molar-refractivity contribution is -0.140. The minimum absolute atomic E-state index is 0.0848. The number of ether oxygens (including phenoxy) is 1. The van der Waals surface area contributed by atoms with Crippen molar-refractivity contribution in [3.8, 4) is 23.7 Å². The molecule has 2 heterocycles. The Bertz CT molecular complexity index is 1500. The van der Waals surface area contributed by atoms with E-state index in [-0.39, 0.29) is 29.8 Å². The molecule has 11 heteroatoms. The van der Waals surface area contributed by atoms with E-state index in [1.54, 1.807) is 42.5 Å². The van der Waals surface area contributed by atoms with Gasteiger partial charge >= 0.3 is 6.18 Å². The summed E-state index contributed by atoms with van der Waals surface area (Å²) in [7, 11) is -1.54. The minimum atomic E-state index is -4.45. The molecule has 0 saturated carbocycles. The predicted octanol–water partition coefficient (Wildman–Crippen LogP) is 4.54. The van der Waals surface area contributed by atoms with Gasteiger partial charge in [-0.15, -0.1) is 0 Å². The van der Waals surface area contributed by atoms with Crippen molar-refractivity contribution in [2.24, 2.45) is 0 Å². The number of nitriles is 1. The van der Waals surface area contributed by atoms with Crippen LogP contribution in [0, 0.1) is 23.2 Å². The highest BCUT2D eigenvalue weighted by Crippen LogP contribution is 2.31. The number of benzene rings is 2. The van der Waals surface area contributed by atoms with Crippen molar-refractivity contribution in [1.82, 2.24) is 4.57 Å². The van der Waals surface area contributed by atoms with Gasteiger partial charge in [-0.3, -0.25) is 0 Å². The van der Waals surface area contributed by atoms with Gasteiger partial charge in [0.1, 0.15) is 22.1 Å². The van der Waals surface area contributed by atoms with Crippen LogP contribution in [0.15, 0.2) is 42.5 Å². The molecule has 2 aromatic carbocycles. The second-order valence-corrected chi connectivity index (χ2v) is 11.0. The maximum absolute atomic E-state index is 13.4. The zero-order valence-corrected chi connectivity index (χ0v) is 20.8. The maximum atomic E-state index is 13.4. The largest absolute Gasteiger partial charge is 0.495 e. The van der Waals surface area contributed by atoms with Crippen LogP contribution in [0.2, 0.25) is 0 Å². The molecule has 7 nitrogen and oxygen atoms in total. The third kappa shape index (κ3) is 6.49. The third-order valence-corrected chi connectivity index (χ3v) is 7.83. The second kappa shape index (κ2) is 10.7. The number of sulfone groups is 1. The molecular formula is C26H25F3N4O3S. The SMILES string of the molecule is COc1ccc(C#N)cc1NCC#Cc1cc2c(NC3CCS(=O)(=O)CC3)cccc2n1CC(F)(F)F. The van der Waals surface area contributed by atoms with Crippen molar-refractivity contribution in [2.75, 3.05) is 35.8 Å². The van der Waals surface area contributed by atoms with E-state index in [9.17, 15) is 21.6 Å². The molecule has 3 aromatic rings. The monoisotopic (exact) mass is 530 g/mol. The Balaban J connectivity index is 1.61. The van der Waals surface area contributed by atoms with Crippen molar-refractivity contribution in [2.45, 2.75) is 31.6 Å². The summed E-state index contributed by atoms with van der Waals surface area (Å²) in [5.41, 5.74) is 2.20. The van der Waals surface area contributed by atoms with Crippen molar-refractivity contribution < 1.29 is 26.3 Å². The van der Waals surface area contributed by atoms with Gasteiger partial charge in [0.2, 0.25) is 0 Å². The summed E-state index contributed by atoms with van der Waals surface area (Å²) in [6.07, 6.45) is -3.57. The van der Waals surface area contributed by atoms with Gasteiger partial charge in [-0.05, 0) is 55.2 Å². The number of rotatable bonds is 6. The Kier molecular flexibility index (Phi) is 7.55. The van der Waals surface area contributed by atoms with E-state index in [0.717, 1.165) is 4.57 Å². The van der Waals surface area contributed by atoms with Crippen LogP contribution in [0.25, 0.3) is 10.9 Å². The molecular weight excluding hydrogens is 505 g/mol. The number of hydrogen-bond donors (Lipinski definition) is 2. The first-order chi connectivity index (χ1) is 17.6. The van der Waals surface area contributed by atoms with Gasteiger partial charge in [0.05, 0.1) is 53.7 Å². The number of halogens is 3. The van der Waals surface area contributed by atoms with E-state index >= 15 is 0 Å². The summed E-state index contributed by atoms with van der Waals surface area (Å²) in [6.45, 7) is -1.09. The number of nitrogens with one attached hydrogen (secondary N) is 2. The fourth-order valence-electron chi connectivity index (χ4n) is 4.31. The third-order valence-electron chi connectivity index (χ3n) is 6.11. The van der Waals surface area contributed by atoms with E-state index in [0.29, 0.717) is 46.4 Å². The van der Waals surface area contributed by atoms with Gasteiger partial charge in [-0.25, -0.2) is 8.42 Å². The highest BCUT2D eigenvalue weighted by Gasteiger charge is 2.30. The van der Waals surface area contributed by atoms with Gasteiger partial charge in [0, 0.05) is 17.1 Å². The zero-order chi connectivity index (χ0) is 26.6. The second-order valence-electron chi connectivity index (χ2n) is 8.72. The smallest absolute Gasteiger partial charge is 0.406 e. The van der Waals surface area contributed by atoms with E-state index in [1.807, 2.05) is 6.07 Å². The van der Waals surface area contributed by atoms with E-state index in [4.69, 9.17) is 10.00 Å². The van der Waals surface area contributed by atoms with E-state index in [1.165, 1.54) is 7.11 Å². The Morgan fingerprint density at radius 2 is 1.89 bits per heavy atom. The van der Waals surface area contributed by atoms with Gasteiger partial charge in [0.25, 0.3) is 0 Å². The molecule has 1 aromatic heterocycles. The van der Waals surface area contributed by atoms with Crippen LogP contribution in [-0.2, 0) is 16.4 Å². The highest BCUT2D eigenvalue weighted by molar-refractivity contribution is 7.91. The van der Waals surface area contributed by atoms with Gasteiger partial charge in [-0.2, -0.15) is 18.4 Å². The van der Waals surface area contributed by atoms with Crippen molar-refractivity contribution >= 4 is 32.1 Å². The molecule has 0 radical (unpaired) electrons. The molecule has 2 N–H and O–H groups in total. The molecule has 1 fully saturated rings. The highest BCUT2D eigenvalue weighted by atomic mass is 32.2. The number of nitrogens with zero attached hydrogens (tertiary/aromatic N) is 2. The lowest BCUT2D eigenvalue weighted by Gasteiger charge is -2.24. The molecule has 1 aliphatic heterocycles. The Morgan fingerprint density at radius 3 is 2.57 bits per heavy atom. The van der Waals surface area contributed by atoms with Crippen LogP contribution in [0.1, 0.15) is 24.1 Å². The molecule has 1 aliphatic rings. The molecule has 0 atom stereocenters. The van der Waals surface area contributed by atoms with Gasteiger partial charge in [-0.1, -0.05) is 12.0 Å². The van der Waals surface area contributed by atoms with E-state index < -0.39 is 22.6 Å². The number of alkyl halides is 3. The molecule has 0 unspecified atom stereocenters. The van der Waals surface area contributed by atoms with Crippen molar-refractivity contribution in [3.05, 3.63) is 53.7 Å². The Hall–Kier alpha value is -3.83. The lowest BCUT2D eigenvalue weighted by atomic mass is 10.1. The van der Waals surface area contributed by atoms with Crippen molar-refractivity contribution in [1.29, 1.82) is 5.26 Å². The first-order valence-electron chi connectivity index (χ1n) is 11.6. The average molecular weight is 531 g/mol. The Labute approximate surface area is 213 Å². The van der Waals surface area contributed by atoms with Crippen LogP contribution in [0.3, 0.4) is 0 Å². The molecule has 37 heavy (non-hydrogen) atoms. The first kappa shape index (κ1) is 26.2. The van der Waals surface area contributed by atoms with Crippen LogP contribution < -0.4 is 15.4 Å². The standard InChI is InChI=1S/C26H25F3N4O3S/c1-36-25-8-7-18(16-30)14-23(25)31-11-3-4-20-15-21-22(32-19-9-12-37(34,35)13-10-19)5-2-6-24(21)33(20)17-26(27,28)29/h2,5-8,14-15,19,31-32H,9-13,17H2,1H3. The number of anilines is 2. The van der Waals surface area contributed by atoms with Crippen molar-refractivity contribution in [3.63, 3.8) is 0 Å². The number of aromatic nitrogens is 1. The molecule has 0 aliphatic carbocycles. The molecule has 0 amide bonds. The summed E-state index contributed by atoms with van der Waals surface area (Å²) < 4.78 is 70.2. The summed E-state index contributed by atoms with van der Waals surface area (Å²) >= 11 is 0. The molecule has 4 rings (SSSR count). The van der Waals surface area contributed by atoms with Crippen LogP contribution in [0.5, 0.6) is 5.75 Å². The fourth-order valence-corrected chi connectivity index (χ4v) is 5.80. The van der Waals surface area contributed by atoms with Gasteiger partial charge in [0.15, 0.2) is 0 Å². The number of methoxy groups -OCH3 is 1. The minimum Gasteiger partial charge on any atom is -0.495 e. The number of fused-ring (bicyclic) bond motifs is 1. The van der Waals surface area contributed by atoms with E-state index in [2.05, 4.69) is 22.5 Å². The van der Waals surface area contributed by atoms with Crippen LogP contribution >= 0.6 is 0 Å². The number of hydrogen-bond acceptors (Lipinski definition) is 6. The average Bonchev–Trinajstić information content (AvgIpc) is 3.19. The molecule has 0 spiro atoms.